The Bertz CT molecular complexity index is 332. The summed E-state index contributed by atoms with van der Waals surface area (Å²) in [4.78, 5) is 0. The van der Waals surface area contributed by atoms with Gasteiger partial charge in [0.25, 0.3) is 0 Å². The Morgan fingerprint density at radius 2 is 2.33 bits per heavy atom. The number of aryl methyl sites for hydroxylation is 1. The van der Waals surface area contributed by atoms with Gasteiger partial charge in [-0.1, -0.05) is 15.9 Å². The number of ether oxygens (including phenoxy) is 2. The highest BCUT2D eigenvalue weighted by atomic mass is 79.9. The molecule has 0 radical (unpaired) electrons. The van der Waals surface area contributed by atoms with E-state index in [9.17, 15) is 0 Å². The summed E-state index contributed by atoms with van der Waals surface area (Å²) in [6.45, 7) is 3.66. The topological polar surface area (TPSA) is 18.5 Å². The molecule has 1 aromatic carbocycles. The molecular weight excluding hydrogens is 256 g/mol. The number of halogens is 1. The predicted octanol–water partition coefficient (Wildman–Crippen LogP) is 3.32. The van der Waals surface area contributed by atoms with Crippen LogP contribution in [-0.2, 0) is 4.74 Å². The average molecular weight is 271 g/mol. The number of rotatable bonds is 2. The maximum atomic E-state index is 5.85. The normalized spacial score (nSPS) is 21.3. The Morgan fingerprint density at radius 1 is 1.47 bits per heavy atom. The minimum Gasteiger partial charge on any atom is -0.488 e. The molecule has 0 aromatic heterocycles. The van der Waals surface area contributed by atoms with Gasteiger partial charge in [-0.3, -0.25) is 0 Å². The Hall–Kier alpha value is -0.540. The first kappa shape index (κ1) is 11.0. The molecule has 1 aliphatic heterocycles. The Labute approximate surface area is 98.7 Å². The smallest absolute Gasteiger partial charge is 0.122 e. The number of benzene rings is 1. The molecule has 0 aliphatic carbocycles. The van der Waals surface area contributed by atoms with Gasteiger partial charge in [0.1, 0.15) is 11.9 Å². The van der Waals surface area contributed by atoms with Gasteiger partial charge in [-0.2, -0.15) is 0 Å². The molecule has 0 N–H and O–H groups in total. The van der Waals surface area contributed by atoms with E-state index in [0.29, 0.717) is 0 Å². The van der Waals surface area contributed by atoms with Gasteiger partial charge in [0.2, 0.25) is 0 Å². The fourth-order valence-corrected chi connectivity index (χ4v) is 1.93. The lowest BCUT2D eigenvalue weighted by atomic mass is 10.1. The SMILES string of the molecule is Cc1cc(OC2CCCOC2)ccc1Br. The second-order valence-electron chi connectivity index (χ2n) is 3.87. The van der Waals surface area contributed by atoms with Crippen LogP contribution in [-0.4, -0.2) is 19.3 Å². The first-order valence-corrected chi connectivity index (χ1v) is 6.05. The predicted molar refractivity (Wildman–Crippen MR) is 63.3 cm³/mol. The van der Waals surface area contributed by atoms with E-state index in [2.05, 4.69) is 28.9 Å². The molecule has 3 heteroatoms. The molecule has 1 saturated heterocycles. The van der Waals surface area contributed by atoms with Gasteiger partial charge in [0.05, 0.1) is 6.61 Å². The zero-order valence-corrected chi connectivity index (χ0v) is 10.4. The van der Waals surface area contributed by atoms with Gasteiger partial charge < -0.3 is 9.47 Å². The van der Waals surface area contributed by atoms with Crippen molar-refractivity contribution in [3.05, 3.63) is 28.2 Å². The van der Waals surface area contributed by atoms with Gasteiger partial charge in [0.15, 0.2) is 0 Å². The highest BCUT2D eigenvalue weighted by Gasteiger charge is 2.15. The number of hydrogen-bond acceptors (Lipinski definition) is 2. The van der Waals surface area contributed by atoms with Crippen LogP contribution in [0.15, 0.2) is 22.7 Å². The van der Waals surface area contributed by atoms with Crippen molar-refractivity contribution in [1.29, 1.82) is 0 Å². The third-order valence-corrected chi connectivity index (χ3v) is 3.44. The average Bonchev–Trinajstić information content (AvgIpc) is 2.25. The van der Waals surface area contributed by atoms with Crippen LogP contribution in [0.25, 0.3) is 0 Å². The van der Waals surface area contributed by atoms with Crippen molar-refractivity contribution < 1.29 is 9.47 Å². The van der Waals surface area contributed by atoms with E-state index in [1.54, 1.807) is 0 Å². The molecule has 82 valence electrons. The molecule has 15 heavy (non-hydrogen) atoms. The van der Waals surface area contributed by atoms with Gasteiger partial charge in [-0.15, -0.1) is 0 Å². The Morgan fingerprint density at radius 3 is 3.00 bits per heavy atom. The second kappa shape index (κ2) is 4.99. The van der Waals surface area contributed by atoms with E-state index in [-0.39, 0.29) is 6.10 Å². The third-order valence-electron chi connectivity index (χ3n) is 2.55. The van der Waals surface area contributed by atoms with Crippen LogP contribution >= 0.6 is 15.9 Å². The molecule has 0 amide bonds. The van der Waals surface area contributed by atoms with Crippen molar-refractivity contribution in [2.75, 3.05) is 13.2 Å². The van der Waals surface area contributed by atoms with Crippen LogP contribution in [0, 0.1) is 6.92 Å². The summed E-state index contributed by atoms with van der Waals surface area (Å²) in [5, 5.41) is 0. The first-order valence-electron chi connectivity index (χ1n) is 5.26. The molecular formula is C12H15BrO2. The van der Waals surface area contributed by atoms with E-state index in [4.69, 9.17) is 9.47 Å². The first-order chi connectivity index (χ1) is 7.25. The molecule has 1 fully saturated rings. The van der Waals surface area contributed by atoms with E-state index in [0.717, 1.165) is 36.3 Å². The molecule has 1 atom stereocenters. The van der Waals surface area contributed by atoms with Crippen LogP contribution < -0.4 is 4.74 Å². The number of hydrogen-bond donors (Lipinski definition) is 0. The minimum atomic E-state index is 0.222. The summed E-state index contributed by atoms with van der Waals surface area (Å²) in [7, 11) is 0. The van der Waals surface area contributed by atoms with Gasteiger partial charge in [0, 0.05) is 11.1 Å². The van der Waals surface area contributed by atoms with Crippen molar-refractivity contribution in [3.63, 3.8) is 0 Å². The van der Waals surface area contributed by atoms with Gasteiger partial charge in [-0.05, 0) is 43.5 Å². The minimum absolute atomic E-state index is 0.222. The van der Waals surface area contributed by atoms with Crippen LogP contribution in [0.2, 0.25) is 0 Å². The summed E-state index contributed by atoms with van der Waals surface area (Å²) in [6.07, 6.45) is 2.41. The fourth-order valence-electron chi connectivity index (χ4n) is 1.69. The van der Waals surface area contributed by atoms with E-state index in [1.807, 2.05) is 12.1 Å². The molecule has 1 aliphatic rings. The van der Waals surface area contributed by atoms with Crippen molar-refractivity contribution >= 4 is 15.9 Å². The van der Waals surface area contributed by atoms with Crippen LogP contribution in [0.3, 0.4) is 0 Å². The standard InChI is InChI=1S/C12H15BrO2/c1-9-7-10(4-5-12(9)13)15-11-3-2-6-14-8-11/h4-5,7,11H,2-3,6,8H2,1H3. The second-order valence-corrected chi connectivity index (χ2v) is 4.72. The highest BCUT2D eigenvalue weighted by Crippen LogP contribution is 2.23. The lowest BCUT2D eigenvalue weighted by Crippen LogP contribution is -2.27. The third kappa shape index (κ3) is 2.95. The molecule has 1 unspecified atom stereocenters. The van der Waals surface area contributed by atoms with Crippen LogP contribution in [0.1, 0.15) is 18.4 Å². The van der Waals surface area contributed by atoms with Crippen molar-refractivity contribution in [2.45, 2.75) is 25.9 Å². The van der Waals surface area contributed by atoms with E-state index < -0.39 is 0 Å². The quantitative estimate of drug-likeness (QED) is 0.821. The van der Waals surface area contributed by atoms with Crippen molar-refractivity contribution in [2.24, 2.45) is 0 Å². The van der Waals surface area contributed by atoms with Gasteiger partial charge in [-0.25, -0.2) is 0 Å². The summed E-state index contributed by atoms with van der Waals surface area (Å²) in [6, 6.07) is 6.07. The molecule has 0 bridgehead atoms. The summed E-state index contributed by atoms with van der Waals surface area (Å²) >= 11 is 3.47. The molecule has 1 aromatic rings. The Kier molecular flexibility index (Phi) is 3.65. The maximum Gasteiger partial charge on any atom is 0.122 e. The molecule has 2 nitrogen and oxygen atoms in total. The zero-order valence-electron chi connectivity index (χ0n) is 8.83. The lowest BCUT2D eigenvalue weighted by Gasteiger charge is -2.23. The largest absolute Gasteiger partial charge is 0.488 e. The van der Waals surface area contributed by atoms with Gasteiger partial charge >= 0.3 is 0 Å². The zero-order chi connectivity index (χ0) is 10.7. The molecule has 2 rings (SSSR count). The summed E-state index contributed by atoms with van der Waals surface area (Å²) in [5.41, 5.74) is 1.20. The highest BCUT2D eigenvalue weighted by molar-refractivity contribution is 9.10. The fraction of sp³-hybridized carbons (Fsp3) is 0.500. The van der Waals surface area contributed by atoms with Crippen molar-refractivity contribution in [1.82, 2.24) is 0 Å². The van der Waals surface area contributed by atoms with Crippen molar-refractivity contribution in [3.8, 4) is 5.75 Å². The summed E-state index contributed by atoms with van der Waals surface area (Å²) < 4.78 is 12.3. The Balaban J connectivity index is 2.00. The summed E-state index contributed by atoms with van der Waals surface area (Å²) in [5.74, 6) is 0.936. The van der Waals surface area contributed by atoms with E-state index in [1.165, 1.54) is 5.56 Å². The molecule has 0 saturated carbocycles. The van der Waals surface area contributed by atoms with E-state index >= 15 is 0 Å². The monoisotopic (exact) mass is 270 g/mol. The maximum absolute atomic E-state index is 5.85. The van der Waals surface area contributed by atoms with Crippen LogP contribution in [0.5, 0.6) is 5.75 Å². The molecule has 0 spiro atoms. The lowest BCUT2D eigenvalue weighted by molar-refractivity contribution is 0.00740. The molecule has 1 heterocycles. The van der Waals surface area contributed by atoms with Crippen LogP contribution in [0.4, 0.5) is 0 Å².